The largest absolute Gasteiger partial charge is 0.394 e. The number of nitrogens with zero attached hydrogens (tertiary/aromatic N) is 2. The highest BCUT2D eigenvalue weighted by atomic mass is 16.5. The van der Waals surface area contributed by atoms with Gasteiger partial charge in [-0.15, -0.1) is 0 Å². The fourth-order valence-corrected chi connectivity index (χ4v) is 1.59. The Morgan fingerprint density at radius 1 is 1.65 bits per heavy atom. The van der Waals surface area contributed by atoms with Crippen molar-refractivity contribution in [3.8, 4) is 0 Å². The fourth-order valence-electron chi connectivity index (χ4n) is 1.59. The topological polar surface area (TPSA) is 76.4 Å². The predicted molar refractivity (Wildman–Crippen MR) is 62.6 cm³/mol. The van der Waals surface area contributed by atoms with Gasteiger partial charge in [-0.05, 0) is 19.9 Å². The van der Waals surface area contributed by atoms with E-state index < -0.39 is 0 Å². The maximum atomic E-state index is 11.7. The lowest BCUT2D eigenvalue weighted by molar-refractivity contribution is -0.123. The lowest BCUT2D eigenvalue weighted by Gasteiger charge is -2.15. The zero-order valence-electron chi connectivity index (χ0n) is 10.4. The summed E-state index contributed by atoms with van der Waals surface area (Å²) in [6.45, 7) is 4.07. The Kier molecular flexibility index (Phi) is 5.11. The van der Waals surface area contributed by atoms with Crippen molar-refractivity contribution in [2.75, 3.05) is 20.3 Å². The quantitative estimate of drug-likeness (QED) is 0.712. The monoisotopic (exact) mass is 241 g/mol. The number of rotatable bonds is 6. The Bertz CT molecular complexity index is 376. The van der Waals surface area contributed by atoms with Gasteiger partial charge in [-0.25, -0.2) is 0 Å². The number of hydrogen-bond acceptors (Lipinski definition) is 4. The van der Waals surface area contributed by atoms with Crippen LogP contribution in [-0.2, 0) is 16.1 Å². The lowest BCUT2D eigenvalue weighted by Crippen LogP contribution is -2.42. The van der Waals surface area contributed by atoms with Gasteiger partial charge in [0.2, 0.25) is 5.91 Å². The zero-order chi connectivity index (χ0) is 12.8. The molecule has 2 N–H and O–H groups in total. The summed E-state index contributed by atoms with van der Waals surface area (Å²) in [5.41, 5.74) is 1.82. The summed E-state index contributed by atoms with van der Waals surface area (Å²) in [6.07, 6.45) is 0. The average Bonchev–Trinajstić information content (AvgIpc) is 2.56. The first-order chi connectivity index (χ1) is 8.06. The number of methoxy groups -OCH3 is 1. The van der Waals surface area contributed by atoms with Crippen molar-refractivity contribution in [1.29, 1.82) is 0 Å². The first-order valence-corrected chi connectivity index (χ1v) is 5.47. The predicted octanol–water partition coefficient (Wildman–Crippen LogP) is -0.377. The third-order valence-electron chi connectivity index (χ3n) is 2.35. The van der Waals surface area contributed by atoms with Crippen molar-refractivity contribution in [3.63, 3.8) is 0 Å². The van der Waals surface area contributed by atoms with E-state index in [4.69, 9.17) is 9.84 Å². The van der Waals surface area contributed by atoms with Crippen LogP contribution >= 0.6 is 0 Å². The Balaban J connectivity index is 2.51. The summed E-state index contributed by atoms with van der Waals surface area (Å²) < 4.78 is 6.51. The molecule has 0 bridgehead atoms. The van der Waals surface area contributed by atoms with Crippen LogP contribution in [0.4, 0.5) is 0 Å². The molecule has 0 fully saturated rings. The maximum absolute atomic E-state index is 11.7. The van der Waals surface area contributed by atoms with E-state index in [-0.39, 0.29) is 25.1 Å². The average molecular weight is 241 g/mol. The summed E-state index contributed by atoms with van der Waals surface area (Å²) >= 11 is 0. The van der Waals surface area contributed by atoms with Gasteiger partial charge in [0.05, 0.1) is 24.9 Å². The van der Waals surface area contributed by atoms with Crippen LogP contribution in [0.1, 0.15) is 11.4 Å². The van der Waals surface area contributed by atoms with Gasteiger partial charge in [0.15, 0.2) is 0 Å². The van der Waals surface area contributed by atoms with Crippen LogP contribution < -0.4 is 5.32 Å². The lowest BCUT2D eigenvalue weighted by atomic mass is 10.3. The third-order valence-corrected chi connectivity index (χ3v) is 2.35. The van der Waals surface area contributed by atoms with Crippen molar-refractivity contribution < 1.29 is 14.6 Å². The number of aliphatic hydroxyl groups is 1. The summed E-state index contributed by atoms with van der Waals surface area (Å²) in [7, 11) is 1.52. The summed E-state index contributed by atoms with van der Waals surface area (Å²) in [6, 6.07) is 1.54. The molecule has 0 aliphatic heterocycles. The second-order valence-corrected chi connectivity index (χ2v) is 3.99. The number of ether oxygens (including phenoxy) is 1. The number of carbonyl (C=O) groups is 1. The van der Waals surface area contributed by atoms with Gasteiger partial charge in [-0.3, -0.25) is 9.48 Å². The van der Waals surface area contributed by atoms with Crippen molar-refractivity contribution >= 4 is 5.91 Å². The summed E-state index contributed by atoms with van der Waals surface area (Å²) in [4.78, 5) is 11.7. The highest BCUT2D eigenvalue weighted by Gasteiger charge is 2.12. The molecule has 0 aromatic carbocycles. The van der Waals surface area contributed by atoms with E-state index in [2.05, 4.69) is 10.4 Å². The van der Waals surface area contributed by atoms with Crippen LogP contribution in [0.3, 0.4) is 0 Å². The standard InChI is InChI=1S/C11H19N3O3/c1-8-4-9(2)14(13-8)5-11(16)12-10(6-15)7-17-3/h4,10,15H,5-7H2,1-3H3,(H,12,16). The zero-order valence-corrected chi connectivity index (χ0v) is 10.4. The van der Waals surface area contributed by atoms with Crippen molar-refractivity contribution in [1.82, 2.24) is 15.1 Å². The number of aryl methyl sites for hydroxylation is 2. The molecule has 1 heterocycles. The Hall–Kier alpha value is -1.40. The van der Waals surface area contributed by atoms with Crippen molar-refractivity contribution in [2.45, 2.75) is 26.4 Å². The second-order valence-electron chi connectivity index (χ2n) is 3.99. The maximum Gasteiger partial charge on any atom is 0.242 e. The molecular formula is C11H19N3O3. The molecule has 6 heteroatoms. The van der Waals surface area contributed by atoms with Gasteiger partial charge < -0.3 is 15.2 Å². The van der Waals surface area contributed by atoms with Crippen LogP contribution in [0.25, 0.3) is 0 Å². The second kappa shape index (κ2) is 6.36. The molecule has 1 rings (SSSR count). The van der Waals surface area contributed by atoms with Crippen LogP contribution in [0.15, 0.2) is 6.07 Å². The number of hydrogen-bond donors (Lipinski definition) is 2. The first kappa shape index (κ1) is 13.7. The summed E-state index contributed by atoms with van der Waals surface area (Å²) in [5, 5.41) is 15.9. The Morgan fingerprint density at radius 3 is 2.82 bits per heavy atom. The van der Waals surface area contributed by atoms with Gasteiger partial charge >= 0.3 is 0 Å². The first-order valence-electron chi connectivity index (χ1n) is 5.47. The highest BCUT2D eigenvalue weighted by molar-refractivity contribution is 5.76. The molecule has 1 amide bonds. The van der Waals surface area contributed by atoms with Crippen LogP contribution in [0, 0.1) is 13.8 Å². The molecule has 1 unspecified atom stereocenters. The molecule has 0 spiro atoms. The number of amides is 1. The Labute approximate surface area is 101 Å². The van der Waals surface area contributed by atoms with E-state index in [1.165, 1.54) is 7.11 Å². The van der Waals surface area contributed by atoms with Crippen molar-refractivity contribution in [3.05, 3.63) is 17.5 Å². The van der Waals surface area contributed by atoms with Crippen LogP contribution in [0.2, 0.25) is 0 Å². The minimum Gasteiger partial charge on any atom is -0.394 e. The molecule has 1 aromatic heterocycles. The molecule has 96 valence electrons. The number of aliphatic hydroxyl groups excluding tert-OH is 1. The van der Waals surface area contributed by atoms with E-state index in [9.17, 15) is 4.79 Å². The van der Waals surface area contributed by atoms with Crippen molar-refractivity contribution in [2.24, 2.45) is 0 Å². The molecule has 0 saturated carbocycles. The van der Waals surface area contributed by atoms with Crippen LogP contribution in [-0.4, -0.2) is 47.2 Å². The highest BCUT2D eigenvalue weighted by Crippen LogP contribution is 2.01. The van der Waals surface area contributed by atoms with E-state index in [1.54, 1.807) is 4.68 Å². The molecule has 1 aromatic rings. The fraction of sp³-hybridized carbons (Fsp3) is 0.636. The number of nitrogens with one attached hydrogen (secondary N) is 1. The van der Waals surface area contributed by atoms with E-state index in [1.807, 2.05) is 19.9 Å². The molecule has 6 nitrogen and oxygen atoms in total. The third kappa shape index (κ3) is 4.16. The molecular weight excluding hydrogens is 222 g/mol. The number of aromatic nitrogens is 2. The summed E-state index contributed by atoms with van der Waals surface area (Å²) in [5.74, 6) is -0.188. The molecule has 0 aliphatic carbocycles. The van der Waals surface area contributed by atoms with Gasteiger partial charge in [0, 0.05) is 12.8 Å². The Morgan fingerprint density at radius 2 is 2.35 bits per heavy atom. The SMILES string of the molecule is COCC(CO)NC(=O)Cn1nc(C)cc1C. The van der Waals surface area contributed by atoms with E-state index >= 15 is 0 Å². The number of carbonyl (C=O) groups excluding carboxylic acids is 1. The molecule has 1 atom stereocenters. The van der Waals surface area contributed by atoms with Gasteiger partial charge in [0.25, 0.3) is 0 Å². The minimum atomic E-state index is -0.371. The molecule has 0 aliphatic rings. The molecule has 17 heavy (non-hydrogen) atoms. The van der Waals surface area contributed by atoms with Gasteiger partial charge in [-0.1, -0.05) is 0 Å². The smallest absolute Gasteiger partial charge is 0.242 e. The van der Waals surface area contributed by atoms with Gasteiger partial charge in [0.1, 0.15) is 6.54 Å². The minimum absolute atomic E-state index is 0.142. The normalized spacial score (nSPS) is 12.5. The van der Waals surface area contributed by atoms with E-state index in [0.717, 1.165) is 11.4 Å². The van der Waals surface area contributed by atoms with E-state index in [0.29, 0.717) is 6.61 Å². The van der Waals surface area contributed by atoms with Crippen LogP contribution in [0.5, 0.6) is 0 Å². The molecule has 0 radical (unpaired) electrons. The van der Waals surface area contributed by atoms with Gasteiger partial charge in [-0.2, -0.15) is 5.10 Å². The molecule has 0 saturated heterocycles.